The molecule has 1 aromatic carbocycles. The lowest BCUT2D eigenvalue weighted by Crippen LogP contribution is -2.29. The lowest BCUT2D eigenvalue weighted by atomic mass is 9.98. The molecule has 0 radical (unpaired) electrons. The Morgan fingerprint density at radius 3 is 3.00 bits per heavy atom. The van der Waals surface area contributed by atoms with Gasteiger partial charge in [-0.25, -0.2) is 4.39 Å². The molecule has 2 rings (SSSR count). The van der Waals surface area contributed by atoms with Crippen molar-refractivity contribution in [2.45, 2.75) is 25.9 Å². The van der Waals surface area contributed by atoms with E-state index >= 15 is 0 Å². The summed E-state index contributed by atoms with van der Waals surface area (Å²) in [6.07, 6.45) is 1.44. The molecular formula is C14H17FN2O2S. The van der Waals surface area contributed by atoms with Crippen LogP contribution in [0, 0.1) is 11.7 Å². The van der Waals surface area contributed by atoms with Crippen molar-refractivity contribution < 1.29 is 13.9 Å². The number of anilines is 1. The van der Waals surface area contributed by atoms with Gasteiger partial charge in [0, 0.05) is 17.9 Å². The van der Waals surface area contributed by atoms with E-state index in [0.29, 0.717) is 18.7 Å². The maximum Gasteiger partial charge on any atom is 0.230 e. The number of carbonyl (C=O) groups is 1. The number of rotatable bonds is 4. The molecule has 1 aliphatic rings. The number of ether oxygens (including phenoxy) is 1. The van der Waals surface area contributed by atoms with Crippen LogP contribution in [0.1, 0.15) is 25.3 Å². The van der Waals surface area contributed by atoms with Crippen LogP contribution >= 0.6 is 12.2 Å². The van der Waals surface area contributed by atoms with Crippen LogP contribution in [0.15, 0.2) is 18.2 Å². The number of benzene rings is 1. The highest BCUT2D eigenvalue weighted by Gasteiger charge is 2.32. The van der Waals surface area contributed by atoms with Crippen molar-refractivity contribution >= 4 is 28.8 Å². The molecule has 3 N–H and O–H groups in total. The molecule has 1 heterocycles. The molecule has 2 atom stereocenters. The van der Waals surface area contributed by atoms with Gasteiger partial charge >= 0.3 is 0 Å². The highest BCUT2D eigenvalue weighted by Crippen LogP contribution is 2.25. The van der Waals surface area contributed by atoms with E-state index in [1.165, 1.54) is 18.2 Å². The van der Waals surface area contributed by atoms with Crippen LogP contribution in [0.5, 0.6) is 0 Å². The third-order valence-electron chi connectivity index (χ3n) is 3.45. The van der Waals surface area contributed by atoms with E-state index in [9.17, 15) is 9.18 Å². The van der Waals surface area contributed by atoms with E-state index in [1.807, 2.05) is 6.92 Å². The molecule has 1 amide bonds. The van der Waals surface area contributed by atoms with Crippen LogP contribution in [0.3, 0.4) is 0 Å². The summed E-state index contributed by atoms with van der Waals surface area (Å²) in [6, 6.07) is 4.19. The summed E-state index contributed by atoms with van der Waals surface area (Å²) >= 11 is 4.77. The average molecular weight is 296 g/mol. The molecule has 0 bridgehead atoms. The maximum atomic E-state index is 13.5. The van der Waals surface area contributed by atoms with Gasteiger partial charge in [-0.2, -0.15) is 0 Å². The lowest BCUT2D eigenvalue weighted by molar-refractivity contribution is -0.121. The molecule has 0 aliphatic carbocycles. The molecule has 2 unspecified atom stereocenters. The van der Waals surface area contributed by atoms with Gasteiger partial charge in [-0.1, -0.05) is 19.1 Å². The van der Waals surface area contributed by atoms with Gasteiger partial charge in [0.2, 0.25) is 5.91 Å². The summed E-state index contributed by atoms with van der Waals surface area (Å²) < 4.78 is 19.0. The molecule has 0 aromatic heterocycles. The van der Waals surface area contributed by atoms with Crippen LogP contribution in [0.25, 0.3) is 0 Å². The Morgan fingerprint density at radius 2 is 2.35 bits per heavy atom. The molecule has 20 heavy (non-hydrogen) atoms. The number of hydrogen-bond donors (Lipinski definition) is 2. The molecule has 4 nitrogen and oxygen atoms in total. The average Bonchev–Trinajstić information content (AvgIpc) is 2.89. The summed E-state index contributed by atoms with van der Waals surface area (Å²) in [5.41, 5.74) is 6.06. The van der Waals surface area contributed by atoms with Crippen LogP contribution in [-0.2, 0) is 9.53 Å². The van der Waals surface area contributed by atoms with Crippen LogP contribution in [0.2, 0.25) is 0 Å². The second-order valence-electron chi connectivity index (χ2n) is 4.76. The first kappa shape index (κ1) is 14.9. The summed E-state index contributed by atoms with van der Waals surface area (Å²) in [6.45, 7) is 2.58. The fourth-order valence-corrected chi connectivity index (χ4v) is 2.53. The number of amides is 1. The Kier molecular flexibility index (Phi) is 4.67. The number of nitrogens with one attached hydrogen (secondary N) is 1. The van der Waals surface area contributed by atoms with Crippen LogP contribution in [0.4, 0.5) is 10.1 Å². The first-order chi connectivity index (χ1) is 9.52. The molecule has 1 saturated heterocycles. The van der Waals surface area contributed by atoms with Crippen molar-refractivity contribution in [3.63, 3.8) is 0 Å². The number of hydrogen-bond acceptors (Lipinski definition) is 3. The Bertz CT molecular complexity index is 536. The van der Waals surface area contributed by atoms with E-state index in [0.717, 1.165) is 6.42 Å². The predicted molar refractivity (Wildman–Crippen MR) is 79.1 cm³/mol. The second-order valence-corrected chi connectivity index (χ2v) is 5.20. The van der Waals surface area contributed by atoms with Crippen molar-refractivity contribution in [2.24, 2.45) is 11.7 Å². The molecule has 0 saturated carbocycles. The van der Waals surface area contributed by atoms with Gasteiger partial charge in [0.15, 0.2) is 0 Å². The van der Waals surface area contributed by atoms with Gasteiger partial charge < -0.3 is 15.8 Å². The quantitative estimate of drug-likeness (QED) is 0.836. The number of halogens is 1. The number of carbonyl (C=O) groups excluding carboxylic acids is 1. The Labute approximate surface area is 122 Å². The van der Waals surface area contributed by atoms with E-state index in [2.05, 4.69) is 5.32 Å². The molecule has 1 aliphatic heterocycles. The first-order valence-electron chi connectivity index (χ1n) is 6.54. The third-order valence-corrected chi connectivity index (χ3v) is 3.67. The maximum absolute atomic E-state index is 13.5. The number of thiocarbonyl (C=S) groups is 1. The number of nitrogens with two attached hydrogens (primary N) is 1. The molecule has 1 aromatic rings. The molecule has 1 fully saturated rings. The highest BCUT2D eigenvalue weighted by atomic mass is 32.1. The first-order valence-corrected chi connectivity index (χ1v) is 6.95. The van der Waals surface area contributed by atoms with Gasteiger partial charge in [0.25, 0.3) is 0 Å². The van der Waals surface area contributed by atoms with Crippen LogP contribution < -0.4 is 11.1 Å². The molecule has 0 spiro atoms. The van der Waals surface area contributed by atoms with Crippen molar-refractivity contribution in [2.75, 3.05) is 11.9 Å². The Hall–Kier alpha value is -1.53. The Balaban J connectivity index is 2.12. The Morgan fingerprint density at radius 1 is 1.60 bits per heavy atom. The van der Waals surface area contributed by atoms with Gasteiger partial charge in [-0.3, -0.25) is 4.79 Å². The molecular weight excluding hydrogens is 279 g/mol. The fourth-order valence-electron chi connectivity index (χ4n) is 2.38. The smallest absolute Gasteiger partial charge is 0.230 e. The zero-order valence-corrected chi connectivity index (χ0v) is 12.0. The monoisotopic (exact) mass is 296 g/mol. The van der Waals surface area contributed by atoms with Crippen molar-refractivity contribution in [3.05, 3.63) is 29.6 Å². The zero-order chi connectivity index (χ0) is 14.7. The van der Waals surface area contributed by atoms with Crippen molar-refractivity contribution in [1.29, 1.82) is 0 Å². The lowest BCUT2D eigenvalue weighted by Gasteiger charge is -2.16. The third kappa shape index (κ3) is 3.13. The minimum Gasteiger partial charge on any atom is -0.389 e. The normalized spacial score (nSPS) is 21.7. The fraction of sp³-hybridized carbons (Fsp3) is 0.429. The summed E-state index contributed by atoms with van der Waals surface area (Å²) in [5, 5.41) is 2.77. The minimum absolute atomic E-state index is 0.0331. The zero-order valence-electron chi connectivity index (χ0n) is 11.2. The van der Waals surface area contributed by atoms with Gasteiger partial charge in [-0.05, 0) is 31.0 Å². The van der Waals surface area contributed by atoms with E-state index in [4.69, 9.17) is 22.7 Å². The van der Waals surface area contributed by atoms with Gasteiger partial charge in [0.05, 0.1) is 12.0 Å². The minimum atomic E-state index is -0.494. The molecule has 108 valence electrons. The van der Waals surface area contributed by atoms with E-state index in [1.54, 1.807) is 0 Å². The van der Waals surface area contributed by atoms with Gasteiger partial charge in [-0.15, -0.1) is 0 Å². The highest BCUT2D eigenvalue weighted by molar-refractivity contribution is 7.80. The predicted octanol–water partition coefficient (Wildman–Crippen LogP) is 2.21. The van der Waals surface area contributed by atoms with E-state index in [-0.39, 0.29) is 28.5 Å². The van der Waals surface area contributed by atoms with Gasteiger partial charge in [0.1, 0.15) is 10.8 Å². The topological polar surface area (TPSA) is 64.3 Å². The summed E-state index contributed by atoms with van der Waals surface area (Å²) in [4.78, 5) is 12.2. The standard InChI is InChI=1S/C14H17FN2O2S/c1-2-12-9(5-6-19-12)14(18)17-8-3-4-11(15)10(7-8)13(16)20/h3-4,7,9,12H,2,5-6H2,1H3,(H2,16,20)(H,17,18). The second kappa shape index (κ2) is 6.28. The van der Waals surface area contributed by atoms with Crippen molar-refractivity contribution in [1.82, 2.24) is 0 Å². The summed E-state index contributed by atoms with van der Waals surface area (Å²) in [7, 11) is 0. The van der Waals surface area contributed by atoms with E-state index < -0.39 is 5.82 Å². The SMILES string of the molecule is CCC1OCCC1C(=O)Nc1ccc(F)c(C(N)=S)c1. The summed E-state index contributed by atoms with van der Waals surface area (Å²) in [5.74, 6) is -0.778. The van der Waals surface area contributed by atoms with Crippen molar-refractivity contribution in [3.8, 4) is 0 Å². The molecule has 6 heteroatoms. The van der Waals surface area contributed by atoms with Crippen LogP contribution in [-0.4, -0.2) is 23.6 Å². The largest absolute Gasteiger partial charge is 0.389 e.